The largest absolute Gasteiger partial charge is 0.397 e. The third kappa shape index (κ3) is 4.34. The summed E-state index contributed by atoms with van der Waals surface area (Å²) in [5.74, 6) is 0. The molecule has 0 aliphatic heterocycles. The van der Waals surface area contributed by atoms with Crippen LogP contribution in [0.2, 0.25) is 5.02 Å². The Morgan fingerprint density at radius 1 is 1.40 bits per heavy atom. The Balaban J connectivity index is 2.95. The van der Waals surface area contributed by atoms with E-state index in [1.54, 1.807) is 6.92 Å². The molecule has 0 radical (unpaired) electrons. The molecule has 7 heteroatoms. The molecular weight excluding hydrogens is 300 g/mol. The maximum atomic E-state index is 12.2. The Bertz CT molecular complexity index is 562. The summed E-state index contributed by atoms with van der Waals surface area (Å²) >= 11 is 5.92. The van der Waals surface area contributed by atoms with Crippen LogP contribution in [0.15, 0.2) is 17.0 Å². The molecule has 0 aliphatic carbocycles. The molecule has 1 rings (SSSR count). The van der Waals surface area contributed by atoms with Crippen molar-refractivity contribution < 1.29 is 13.5 Å². The number of nitrogen functional groups attached to an aromatic ring is 1. The maximum Gasteiger partial charge on any atom is 0.240 e. The zero-order valence-electron chi connectivity index (χ0n) is 11.9. The first-order valence-electron chi connectivity index (χ1n) is 6.25. The van der Waals surface area contributed by atoms with Gasteiger partial charge in [-0.15, -0.1) is 0 Å². The monoisotopic (exact) mass is 320 g/mol. The average molecular weight is 321 g/mol. The van der Waals surface area contributed by atoms with Gasteiger partial charge < -0.3 is 10.8 Å². The number of aliphatic hydroxyl groups excluding tert-OH is 1. The maximum absolute atomic E-state index is 12.2. The van der Waals surface area contributed by atoms with E-state index in [2.05, 4.69) is 4.72 Å². The Morgan fingerprint density at radius 3 is 2.50 bits per heavy atom. The molecule has 0 heterocycles. The SMILES string of the molecule is Cc1cc(S(=O)(=O)NCC(C)(C)CCO)cc(N)c1Cl. The van der Waals surface area contributed by atoms with Crippen LogP contribution in [0.3, 0.4) is 0 Å². The quantitative estimate of drug-likeness (QED) is 0.698. The Morgan fingerprint density at radius 2 is 2.00 bits per heavy atom. The topological polar surface area (TPSA) is 92.4 Å². The van der Waals surface area contributed by atoms with Crippen molar-refractivity contribution in [3.63, 3.8) is 0 Å². The Labute approximate surface area is 125 Å². The standard InChI is InChI=1S/C13H21ClN2O3S/c1-9-6-10(7-11(15)12(9)14)20(18,19)16-8-13(2,3)4-5-17/h6-7,16-17H,4-5,8,15H2,1-3H3. The summed E-state index contributed by atoms with van der Waals surface area (Å²) in [5, 5.41) is 9.31. The summed E-state index contributed by atoms with van der Waals surface area (Å²) in [7, 11) is -3.64. The van der Waals surface area contributed by atoms with Gasteiger partial charge >= 0.3 is 0 Å². The number of hydrogen-bond donors (Lipinski definition) is 3. The smallest absolute Gasteiger partial charge is 0.240 e. The summed E-state index contributed by atoms with van der Waals surface area (Å²) < 4.78 is 27.0. The van der Waals surface area contributed by atoms with Gasteiger partial charge in [-0.05, 0) is 36.5 Å². The van der Waals surface area contributed by atoms with Gasteiger partial charge in [0.25, 0.3) is 0 Å². The van der Waals surface area contributed by atoms with E-state index in [9.17, 15) is 8.42 Å². The van der Waals surface area contributed by atoms with Crippen molar-refractivity contribution in [3.8, 4) is 0 Å². The number of nitrogens with one attached hydrogen (secondary N) is 1. The molecule has 0 aromatic heterocycles. The van der Waals surface area contributed by atoms with Crippen LogP contribution < -0.4 is 10.5 Å². The lowest BCUT2D eigenvalue weighted by Gasteiger charge is -2.23. The molecule has 1 aromatic rings. The molecule has 1 aromatic carbocycles. The molecular formula is C13H21ClN2O3S. The minimum Gasteiger partial charge on any atom is -0.397 e. The van der Waals surface area contributed by atoms with Crippen molar-refractivity contribution in [1.82, 2.24) is 4.72 Å². The van der Waals surface area contributed by atoms with E-state index in [4.69, 9.17) is 22.4 Å². The highest BCUT2D eigenvalue weighted by molar-refractivity contribution is 7.89. The van der Waals surface area contributed by atoms with Crippen LogP contribution in [0.25, 0.3) is 0 Å². The number of halogens is 1. The van der Waals surface area contributed by atoms with E-state index in [-0.39, 0.29) is 29.1 Å². The van der Waals surface area contributed by atoms with Crippen molar-refractivity contribution in [1.29, 1.82) is 0 Å². The van der Waals surface area contributed by atoms with E-state index in [1.807, 2.05) is 13.8 Å². The van der Waals surface area contributed by atoms with Crippen LogP contribution in [0, 0.1) is 12.3 Å². The van der Waals surface area contributed by atoms with Gasteiger partial charge in [-0.1, -0.05) is 25.4 Å². The lowest BCUT2D eigenvalue weighted by atomic mass is 9.90. The molecule has 5 nitrogen and oxygen atoms in total. The van der Waals surface area contributed by atoms with Crippen LogP contribution in [0.1, 0.15) is 25.8 Å². The first kappa shape index (κ1) is 17.2. The number of aryl methyl sites for hydroxylation is 1. The first-order chi connectivity index (χ1) is 9.09. The van der Waals surface area contributed by atoms with Gasteiger partial charge in [0, 0.05) is 13.2 Å². The van der Waals surface area contributed by atoms with Gasteiger partial charge in [0.2, 0.25) is 10.0 Å². The van der Waals surface area contributed by atoms with E-state index < -0.39 is 10.0 Å². The van der Waals surface area contributed by atoms with Gasteiger partial charge in [0.15, 0.2) is 0 Å². The molecule has 0 saturated carbocycles. The second-order valence-electron chi connectivity index (χ2n) is 5.61. The molecule has 114 valence electrons. The van der Waals surface area contributed by atoms with Crippen LogP contribution in [-0.4, -0.2) is 26.7 Å². The zero-order chi connectivity index (χ0) is 15.6. The molecule has 0 unspecified atom stereocenters. The number of rotatable bonds is 6. The number of sulfonamides is 1. The van der Waals surface area contributed by atoms with Gasteiger partial charge in [0.05, 0.1) is 15.6 Å². The number of anilines is 1. The minimum absolute atomic E-state index is 0.0156. The van der Waals surface area contributed by atoms with Crippen LogP contribution in [0.5, 0.6) is 0 Å². The van der Waals surface area contributed by atoms with Gasteiger partial charge in [-0.25, -0.2) is 13.1 Å². The number of hydrogen-bond acceptors (Lipinski definition) is 4. The summed E-state index contributed by atoms with van der Waals surface area (Å²) in [4.78, 5) is 0.0942. The highest BCUT2D eigenvalue weighted by atomic mass is 35.5. The number of benzene rings is 1. The highest BCUT2D eigenvalue weighted by Crippen LogP contribution is 2.27. The number of nitrogens with two attached hydrogens (primary N) is 1. The molecule has 0 atom stereocenters. The third-order valence-corrected chi connectivity index (χ3v) is 4.99. The lowest BCUT2D eigenvalue weighted by molar-refractivity contribution is 0.213. The second-order valence-corrected chi connectivity index (χ2v) is 7.75. The third-order valence-electron chi connectivity index (χ3n) is 3.10. The second kappa shape index (κ2) is 6.30. The molecule has 0 spiro atoms. The van der Waals surface area contributed by atoms with Crippen LogP contribution in [0.4, 0.5) is 5.69 Å². The fraction of sp³-hybridized carbons (Fsp3) is 0.538. The van der Waals surface area contributed by atoms with Crippen molar-refractivity contribution in [3.05, 3.63) is 22.7 Å². The first-order valence-corrected chi connectivity index (χ1v) is 8.11. The fourth-order valence-corrected chi connectivity index (χ4v) is 3.15. The molecule has 0 fully saturated rings. The molecule has 0 aliphatic rings. The minimum atomic E-state index is -3.64. The predicted molar refractivity (Wildman–Crippen MR) is 81.3 cm³/mol. The Kier molecular flexibility index (Phi) is 5.43. The van der Waals surface area contributed by atoms with Gasteiger partial charge in [0.1, 0.15) is 0 Å². The zero-order valence-corrected chi connectivity index (χ0v) is 13.5. The highest BCUT2D eigenvalue weighted by Gasteiger charge is 2.22. The average Bonchev–Trinajstić information content (AvgIpc) is 2.33. The summed E-state index contributed by atoms with van der Waals surface area (Å²) in [6.45, 7) is 5.72. The van der Waals surface area contributed by atoms with Crippen molar-refractivity contribution in [2.75, 3.05) is 18.9 Å². The van der Waals surface area contributed by atoms with Gasteiger partial charge in [-0.3, -0.25) is 0 Å². The molecule has 0 bridgehead atoms. The van der Waals surface area contributed by atoms with Crippen molar-refractivity contribution in [2.24, 2.45) is 5.41 Å². The van der Waals surface area contributed by atoms with Crippen molar-refractivity contribution in [2.45, 2.75) is 32.1 Å². The summed E-state index contributed by atoms with van der Waals surface area (Å²) in [6, 6.07) is 2.83. The number of aliphatic hydroxyl groups is 1. The van der Waals surface area contributed by atoms with Gasteiger partial charge in [-0.2, -0.15) is 0 Å². The molecule has 0 amide bonds. The summed E-state index contributed by atoms with van der Waals surface area (Å²) in [6.07, 6.45) is 0.511. The van der Waals surface area contributed by atoms with Crippen LogP contribution in [-0.2, 0) is 10.0 Å². The van der Waals surface area contributed by atoms with E-state index in [1.165, 1.54) is 12.1 Å². The summed E-state index contributed by atoms with van der Waals surface area (Å²) in [5.41, 5.74) is 6.22. The normalized spacial score (nSPS) is 12.7. The molecule has 4 N–H and O–H groups in total. The lowest BCUT2D eigenvalue weighted by Crippen LogP contribution is -2.34. The van der Waals surface area contributed by atoms with E-state index in [0.29, 0.717) is 17.0 Å². The van der Waals surface area contributed by atoms with Crippen molar-refractivity contribution >= 4 is 27.3 Å². The Hall–Kier alpha value is -0.820. The van der Waals surface area contributed by atoms with E-state index in [0.717, 1.165) is 0 Å². The van der Waals surface area contributed by atoms with E-state index >= 15 is 0 Å². The fourth-order valence-electron chi connectivity index (χ4n) is 1.68. The molecule has 20 heavy (non-hydrogen) atoms. The molecule has 0 saturated heterocycles. The van der Waals surface area contributed by atoms with Crippen LogP contribution >= 0.6 is 11.6 Å². The predicted octanol–water partition coefficient (Wildman–Crippen LogP) is 1.92.